The minimum atomic E-state index is -0.157. The van der Waals surface area contributed by atoms with Gasteiger partial charge < -0.3 is 11.1 Å². The molecule has 0 rings (SSSR count). The third kappa shape index (κ3) is 8.68. The summed E-state index contributed by atoms with van der Waals surface area (Å²) in [5.41, 5.74) is 5.37. The van der Waals surface area contributed by atoms with Crippen LogP contribution >= 0.6 is 0 Å². The Labute approximate surface area is 99.6 Å². The lowest BCUT2D eigenvalue weighted by Crippen LogP contribution is -2.47. The van der Waals surface area contributed by atoms with Crippen LogP contribution in [-0.4, -0.2) is 42.5 Å². The second-order valence-electron chi connectivity index (χ2n) is 5.22. The van der Waals surface area contributed by atoms with Gasteiger partial charge >= 0.3 is 0 Å². The molecule has 0 radical (unpaired) electrons. The Hall–Kier alpha value is -0.610. The smallest absolute Gasteiger partial charge is 0.234 e. The van der Waals surface area contributed by atoms with E-state index in [0.29, 0.717) is 13.1 Å². The van der Waals surface area contributed by atoms with Gasteiger partial charge in [0.2, 0.25) is 5.91 Å². The number of carbonyl (C=O) groups excluding carboxylic acids is 1. The minimum Gasteiger partial charge on any atom is -0.350 e. The summed E-state index contributed by atoms with van der Waals surface area (Å²) >= 11 is 0. The van der Waals surface area contributed by atoms with Crippen LogP contribution < -0.4 is 11.1 Å². The summed E-state index contributed by atoms with van der Waals surface area (Å²) in [6.45, 7) is 10.9. The van der Waals surface area contributed by atoms with Crippen LogP contribution in [0.1, 0.15) is 40.5 Å². The highest BCUT2D eigenvalue weighted by atomic mass is 16.2. The molecule has 0 aliphatic rings. The summed E-state index contributed by atoms with van der Waals surface area (Å²) < 4.78 is 0. The van der Waals surface area contributed by atoms with E-state index in [1.54, 1.807) is 0 Å². The predicted molar refractivity (Wildman–Crippen MR) is 68.3 cm³/mol. The van der Waals surface area contributed by atoms with Crippen molar-refractivity contribution >= 4 is 5.91 Å². The fraction of sp³-hybridized carbons (Fsp3) is 0.917. The number of rotatable bonds is 7. The maximum absolute atomic E-state index is 11.7. The van der Waals surface area contributed by atoms with Crippen LogP contribution in [0, 0.1) is 0 Å². The summed E-state index contributed by atoms with van der Waals surface area (Å²) in [4.78, 5) is 13.8. The van der Waals surface area contributed by atoms with Gasteiger partial charge in [-0.3, -0.25) is 9.69 Å². The van der Waals surface area contributed by atoms with E-state index in [0.717, 1.165) is 25.9 Å². The molecular formula is C12H27N3O. The molecule has 0 atom stereocenters. The Bertz CT molecular complexity index is 199. The van der Waals surface area contributed by atoms with Crippen molar-refractivity contribution in [1.29, 1.82) is 0 Å². The number of carbonyl (C=O) groups is 1. The molecule has 4 nitrogen and oxygen atoms in total. The zero-order chi connectivity index (χ0) is 12.6. The van der Waals surface area contributed by atoms with Crippen molar-refractivity contribution < 1.29 is 4.79 Å². The van der Waals surface area contributed by atoms with E-state index in [1.807, 2.05) is 20.8 Å². The van der Waals surface area contributed by atoms with Gasteiger partial charge in [-0.05, 0) is 33.7 Å². The highest BCUT2D eigenvalue weighted by molar-refractivity contribution is 5.78. The fourth-order valence-corrected chi connectivity index (χ4v) is 1.50. The Morgan fingerprint density at radius 3 is 2.38 bits per heavy atom. The predicted octanol–water partition coefficient (Wildman–Crippen LogP) is 0.962. The van der Waals surface area contributed by atoms with Gasteiger partial charge in [-0.15, -0.1) is 0 Å². The Balaban J connectivity index is 4.02. The molecule has 0 saturated heterocycles. The first-order valence-electron chi connectivity index (χ1n) is 6.12. The first-order chi connectivity index (χ1) is 7.39. The molecular weight excluding hydrogens is 202 g/mol. The first-order valence-corrected chi connectivity index (χ1v) is 6.12. The number of nitrogens with one attached hydrogen (secondary N) is 1. The molecule has 0 aliphatic carbocycles. The molecule has 0 aromatic carbocycles. The van der Waals surface area contributed by atoms with Gasteiger partial charge in [0.05, 0.1) is 6.54 Å². The van der Waals surface area contributed by atoms with E-state index in [2.05, 4.69) is 17.1 Å². The summed E-state index contributed by atoms with van der Waals surface area (Å²) in [5.74, 6) is 0.0806. The van der Waals surface area contributed by atoms with Gasteiger partial charge in [0.25, 0.3) is 0 Å². The van der Waals surface area contributed by atoms with Gasteiger partial charge in [0.15, 0.2) is 0 Å². The molecule has 0 unspecified atom stereocenters. The molecule has 0 bridgehead atoms. The molecule has 4 heteroatoms. The fourth-order valence-electron chi connectivity index (χ4n) is 1.50. The van der Waals surface area contributed by atoms with E-state index in [1.165, 1.54) is 0 Å². The van der Waals surface area contributed by atoms with Crippen molar-refractivity contribution in [2.24, 2.45) is 5.73 Å². The average molecular weight is 229 g/mol. The average Bonchev–Trinajstić information content (AvgIpc) is 2.11. The molecule has 0 fully saturated rings. The standard InChI is InChI=1S/C12H27N3O/c1-5-6-8-15(9-7-13)10-11(16)14-12(2,3)4/h5-10,13H2,1-4H3,(H,14,16). The minimum absolute atomic E-state index is 0.0806. The highest BCUT2D eigenvalue weighted by Crippen LogP contribution is 1.99. The number of amides is 1. The number of hydrogen-bond acceptors (Lipinski definition) is 3. The summed E-state index contributed by atoms with van der Waals surface area (Å²) in [6.07, 6.45) is 2.25. The zero-order valence-electron chi connectivity index (χ0n) is 11.2. The third-order valence-electron chi connectivity index (χ3n) is 2.15. The van der Waals surface area contributed by atoms with E-state index < -0.39 is 0 Å². The zero-order valence-corrected chi connectivity index (χ0v) is 11.2. The Kier molecular flexibility index (Phi) is 7.34. The lowest BCUT2D eigenvalue weighted by Gasteiger charge is -2.25. The normalized spacial score (nSPS) is 11.9. The van der Waals surface area contributed by atoms with Gasteiger partial charge in [-0.25, -0.2) is 0 Å². The lowest BCUT2D eigenvalue weighted by atomic mass is 10.1. The molecule has 0 spiro atoms. The first kappa shape index (κ1) is 15.4. The lowest BCUT2D eigenvalue weighted by molar-refractivity contribution is -0.123. The number of hydrogen-bond donors (Lipinski definition) is 2. The third-order valence-corrected chi connectivity index (χ3v) is 2.15. The molecule has 0 heterocycles. The summed E-state index contributed by atoms with van der Waals surface area (Å²) in [7, 11) is 0. The van der Waals surface area contributed by atoms with Crippen LogP contribution in [0.15, 0.2) is 0 Å². The molecule has 3 N–H and O–H groups in total. The van der Waals surface area contributed by atoms with Crippen LogP contribution in [-0.2, 0) is 4.79 Å². The van der Waals surface area contributed by atoms with Crippen LogP contribution in [0.5, 0.6) is 0 Å². The number of nitrogens with zero attached hydrogens (tertiary/aromatic N) is 1. The van der Waals surface area contributed by atoms with Crippen molar-refractivity contribution in [3.8, 4) is 0 Å². The van der Waals surface area contributed by atoms with Crippen molar-refractivity contribution in [2.45, 2.75) is 46.1 Å². The van der Waals surface area contributed by atoms with Crippen molar-refractivity contribution in [1.82, 2.24) is 10.2 Å². The number of unbranched alkanes of at least 4 members (excludes halogenated alkanes) is 1. The van der Waals surface area contributed by atoms with E-state index in [-0.39, 0.29) is 11.4 Å². The maximum atomic E-state index is 11.7. The van der Waals surface area contributed by atoms with Gasteiger partial charge in [-0.1, -0.05) is 13.3 Å². The van der Waals surface area contributed by atoms with Crippen LogP contribution in [0.3, 0.4) is 0 Å². The van der Waals surface area contributed by atoms with Gasteiger partial charge in [0.1, 0.15) is 0 Å². The molecule has 16 heavy (non-hydrogen) atoms. The van der Waals surface area contributed by atoms with E-state index in [4.69, 9.17) is 5.73 Å². The molecule has 0 aromatic heterocycles. The second-order valence-corrected chi connectivity index (χ2v) is 5.22. The summed E-state index contributed by atoms with van der Waals surface area (Å²) in [6, 6.07) is 0. The van der Waals surface area contributed by atoms with Crippen molar-refractivity contribution in [2.75, 3.05) is 26.2 Å². The van der Waals surface area contributed by atoms with Gasteiger partial charge in [0, 0.05) is 18.6 Å². The maximum Gasteiger partial charge on any atom is 0.234 e. The van der Waals surface area contributed by atoms with E-state index in [9.17, 15) is 4.79 Å². The molecule has 0 saturated carbocycles. The molecule has 0 aliphatic heterocycles. The van der Waals surface area contributed by atoms with Crippen LogP contribution in [0.2, 0.25) is 0 Å². The van der Waals surface area contributed by atoms with E-state index >= 15 is 0 Å². The Morgan fingerprint density at radius 1 is 1.31 bits per heavy atom. The SMILES string of the molecule is CCCCN(CCN)CC(=O)NC(C)(C)C. The van der Waals surface area contributed by atoms with Crippen LogP contribution in [0.25, 0.3) is 0 Å². The summed E-state index contributed by atoms with van der Waals surface area (Å²) in [5, 5.41) is 2.96. The molecule has 96 valence electrons. The topological polar surface area (TPSA) is 58.4 Å². The largest absolute Gasteiger partial charge is 0.350 e. The molecule has 1 amide bonds. The van der Waals surface area contributed by atoms with Gasteiger partial charge in [-0.2, -0.15) is 0 Å². The highest BCUT2D eigenvalue weighted by Gasteiger charge is 2.15. The molecule has 0 aromatic rings. The second kappa shape index (κ2) is 7.63. The van der Waals surface area contributed by atoms with Crippen LogP contribution in [0.4, 0.5) is 0 Å². The number of nitrogens with two attached hydrogens (primary N) is 1. The Morgan fingerprint density at radius 2 is 1.94 bits per heavy atom. The monoisotopic (exact) mass is 229 g/mol. The van der Waals surface area contributed by atoms with Crippen molar-refractivity contribution in [3.05, 3.63) is 0 Å². The quantitative estimate of drug-likeness (QED) is 0.683. The van der Waals surface area contributed by atoms with Crippen molar-refractivity contribution in [3.63, 3.8) is 0 Å².